The van der Waals surface area contributed by atoms with Gasteiger partial charge in [-0.25, -0.2) is 9.97 Å². The maximum atomic E-state index is 12.5. The molecular formula is C24H27N5O3S. The van der Waals surface area contributed by atoms with Crippen molar-refractivity contribution in [1.29, 1.82) is 0 Å². The molecule has 9 heteroatoms. The molecule has 3 aromatic rings. The number of benzene rings is 2. The number of methoxy groups -OCH3 is 2. The maximum absolute atomic E-state index is 12.5. The molecule has 4 rings (SSSR count). The van der Waals surface area contributed by atoms with Crippen LogP contribution in [0.15, 0.2) is 66.0 Å². The molecule has 1 N–H and O–H groups in total. The van der Waals surface area contributed by atoms with Crippen LogP contribution in [0.3, 0.4) is 0 Å². The molecule has 0 atom stereocenters. The topological polar surface area (TPSA) is 79.8 Å². The Morgan fingerprint density at radius 2 is 1.55 bits per heavy atom. The highest BCUT2D eigenvalue weighted by atomic mass is 32.2. The van der Waals surface area contributed by atoms with E-state index in [2.05, 4.69) is 31.2 Å². The molecule has 1 aliphatic heterocycles. The second-order valence-electron chi connectivity index (χ2n) is 7.37. The van der Waals surface area contributed by atoms with E-state index in [0.717, 1.165) is 48.5 Å². The Hall–Kier alpha value is -3.46. The Morgan fingerprint density at radius 1 is 0.909 bits per heavy atom. The summed E-state index contributed by atoms with van der Waals surface area (Å²) in [5, 5.41) is 3.65. The van der Waals surface area contributed by atoms with E-state index < -0.39 is 0 Å². The second-order valence-corrected chi connectivity index (χ2v) is 8.33. The minimum absolute atomic E-state index is 0.123. The summed E-state index contributed by atoms with van der Waals surface area (Å²) in [4.78, 5) is 26.1. The molecule has 0 radical (unpaired) electrons. The second kappa shape index (κ2) is 10.9. The number of thioether (sulfide) groups is 1. The van der Waals surface area contributed by atoms with Crippen molar-refractivity contribution in [1.82, 2.24) is 9.97 Å². The third-order valence-electron chi connectivity index (χ3n) is 5.37. The van der Waals surface area contributed by atoms with Gasteiger partial charge in [0.1, 0.15) is 16.5 Å². The molecular weight excluding hydrogens is 438 g/mol. The first kappa shape index (κ1) is 22.7. The van der Waals surface area contributed by atoms with Gasteiger partial charge in [0.15, 0.2) is 5.82 Å². The van der Waals surface area contributed by atoms with Gasteiger partial charge in [-0.15, -0.1) is 0 Å². The first-order valence-electron chi connectivity index (χ1n) is 10.7. The molecule has 1 fully saturated rings. The van der Waals surface area contributed by atoms with Crippen molar-refractivity contribution in [3.8, 4) is 11.5 Å². The van der Waals surface area contributed by atoms with Gasteiger partial charge in [0, 0.05) is 38.6 Å². The Bertz CT molecular complexity index is 1090. The van der Waals surface area contributed by atoms with Crippen molar-refractivity contribution >= 4 is 34.9 Å². The highest BCUT2D eigenvalue weighted by Crippen LogP contribution is 2.31. The van der Waals surface area contributed by atoms with E-state index in [9.17, 15) is 4.79 Å². The number of anilines is 3. The summed E-state index contributed by atoms with van der Waals surface area (Å²) < 4.78 is 10.8. The number of carbonyl (C=O) groups excluding carboxylic acids is 1. The SMILES string of the molecule is COc1ccccc1NC(=O)CSc1nccnc1N1CCN(c2ccccc2OC)CC1. The number of ether oxygens (including phenoxy) is 2. The van der Waals surface area contributed by atoms with Gasteiger partial charge in [0.2, 0.25) is 5.91 Å². The predicted molar refractivity (Wildman–Crippen MR) is 132 cm³/mol. The number of hydrogen-bond donors (Lipinski definition) is 1. The Balaban J connectivity index is 1.37. The molecule has 1 aliphatic rings. The maximum Gasteiger partial charge on any atom is 0.234 e. The third-order valence-corrected chi connectivity index (χ3v) is 6.34. The fourth-order valence-electron chi connectivity index (χ4n) is 3.75. The number of nitrogens with zero attached hydrogens (tertiary/aromatic N) is 4. The first-order valence-corrected chi connectivity index (χ1v) is 11.7. The van der Waals surface area contributed by atoms with Crippen LogP contribution in [0.25, 0.3) is 0 Å². The van der Waals surface area contributed by atoms with Crippen LogP contribution < -0.4 is 24.6 Å². The van der Waals surface area contributed by atoms with Crippen molar-refractivity contribution in [3.63, 3.8) is 0 Å². The highest BCUT2D eigenvalue weighted by Gasteiger charge is 2.23. The average Bonchev–Trinajstić information content (AvgIpc) is 2.88. The van der Waals surface area contributed by atoms with E-state index in [1.54, 1.807) is 26.6 Å². The summed E-state index contributed by atoms with van der Waals surface area (Å²) in [5.41, 5.74) is 1.75. The van der Waals surface area contributed by atoms with Crippen molar-refractivity contribution in [3.05, 3.63) is 60.9 Å². The van der Waals surface area contributed by atoms with E-state index >= 15 is 0 Å². The van der Waals surface area contributed by atoms with Crippen molar-refractivity contribution < 1.29 is 14.3 Å². The molecule has 0 saturated carbocycles. The minimum Gasteiger partial charge on any atom is -0.495 e. The zero-order chi connectivity index (χ0) is 23.0. The standard InChI is InChI=1S/C24H27N5O3S/c1-31-20-9-5-3-7-18(20)27-22(30)17-33-24-23(25-11-12-26-24)29-15-13-28(14-16-29)19-8-4-6-10-21(19)32-2/h3-12H,13-17H2,1-2H3,(H,27,30). The lowest BCUT2D eigenvalue weighted by Crippen LogP contribution is -2.47. The van der Waals surface area contributed by atoms with Crippen molar-refractivity contribution in [2.45, 2.75) is 5.03 Å². The highest BCUT2D eigenvalue weighted by molar-refractivity contribution is 8.00. The summed E-state index contributed by atoms with van der Waals surface area (Å²) in [6, 6.07) is 15.4. The molecule has 0 spiro atoms. The van der Waals surface area contributed by atoms with Crippen LogP contribution in [0.4, 0.5) is 17.2 Å². The van der Waals surface area contributed by atoms with Crippen LogP contribution in [0, 0.1) is 0 Å². The van der Waals surface area contributed by atoms with Gasteiger partial charge in [0.05, 0.1) is 31.3 Å². The lowest BCUT2D eigenvalue weighted by Gasteiger charge is -2.37. The summed E-state index contributed by atoms with van der Waals surface area (Å²) in [7, 11) is 3.28. The molecule has 33 heavy (non-hydrogen) atoms. The van der Waals surface area contributed by atoms with Crippen LogP contribution in [-0.4, -0.2) is 62.0 Å². The number of amides is 1. The largest absolute Gasteiger partial charge is 0.495 e. The minimum atomic E-state index is -0.123. The van der Waals surface area contributed by atoms with E-state index in [1.165, 1.54) is 11.8 Å². The molecule has 1 amide bonds. The average molecular weight is 466 g/mol. The lowest BCUT2D eigenvalue weighted by atomic mass is 10.2. The van der Waals surface area contributed by atoms with Gasteiger partial charge in [-0.05, 0) is 24.3 Å². The Morgan fingerprint density at radius 3 is 2.30 bits per heavy atom. The number of nitrogens with one attached hydrogen (secondary N) is 1. The molecule has 8 nitrogen and oxygen atoms in total. The number of rotatable bonds is 8. The quantitative estimate of drug-likeness (QED) is 0.506. The molecule has 0 unspecified atom stereocenters. The van der Waals surface area contributed by atoms with Crippen LogP contribution in [-0.2, 0) is 4.79 Å². The van der Waals surface area contributed by atoms with Gasteiger partial charge in [-0.3, -0.25) is 4.79 Å². The van der Waals surface area contributed by atoms with Gasteiger partial charge in [-0.2, -0.15) is 0 Å². The van der Waals surface area contributed by atoms with E-state index in [1.807, 2.05) is 42.5 Å². The molecule has 1 aromatic heterocycles. The molecule has 2 aromatic carbocycles. The molecule has 2 heterocycles. The summed E-state index contributed by atoms with van der Waals surface area (Å²) in [6.45, 7) is 3.29. The Labute approximate surface area is 197 Å². The summed E-state index contributed by atoms with van der Waals surface area (Å²) in [6.07, 6.45) is 3.36. The van der Waals surface area contributed by atoms with E-state index in [-0.39, 0.29) is 11.7 Å². The van der Waals surface area contributed by atoms with Crippen LogP contribution in [0.2, 0.25) is 0 Å². The first-order chi connectivity index (χ1) is 16.2. The number of aromatic nitrogens is 2. The van der Waals surface area contributed by atoms with E-state index in [0.29, 0.717) is 11.4 Å². The molecule has 1 saturated heterocycles. The smallest absolute Gasteiger partial charge is 0.234 e. The monoisotopic (exact) mass is 465 g/mol. The number of para-hydroxylation sites is 4. The van der Waals surface area contributed by atoms with Crippen molar-refractivity contribution in [2.24, 2.45) is 0 Å². The number of carbonyl (C=O) groups is 1. The Kier molecular flexibility index (Phi) is 7.51. The lowest BCUT2D eigenvalue weighted by molar-refractivity contribution is -0.113. The van der Waals surface area contributed by atoms with Gasteiger partial charge < -0.3 is 24.6 Å². The molecule has 0 aliphatic carbocycles. The summed E-state index contributed by atoms with van der Waals surface area (Å²) in [5.74, 6) is 2.42. The zero-order valence-corrected chi connectivity index (χ0v) is 19.5. The zero-order valence-electron chi connectivity index (χ0n) is 18.7. The van der Waals surface area contributed by atoms with Crippen LogP contribution in [0.1, 0.15) is 0 Å². The van der Waals surface area contributed by atoms with Gasteiger partial charge >= 0.3 is 0 Å². The van der Waals surface area contributed by atoms with E-state index in [4.69, 9.17) is 9.47 Å². The number of piperazine rings is 1. The van der Waals surface area contributed by atoms with Gasteiger partial charge in [-0.1, -0.05) is 36.0 Å². The summed E-state index contributed by atoms with van der Waals surface area (Å²) >= 11 is 1.38. The fourth-order valence-corrected chi connectivity index (χ4v) is 4.54. The third kappa shape index (κ3) is 5.48. The number of hydrogen-bond acceptors (Lipinski definition) is 8. The fraction of sp³-hybridized carbons (Fsp3) is 0.292. The normalized spacial score (nSPS) is 13.5. The van der Waals surface area contributed by atoms with Crippen molar-refractivity contribution in [2.75, 3.05) is 61.3 Å². The molecule has 172 valence electrons. The van der Waals surface area contributed by atoms with Crippen LogP contribution in [0.5, 0.6) is 11.5 Å². The van der Waals surface area contributed by atoms with Crippen LogP contribution >= 0.6 is 11.8 Å². The van der Waals surface area contributed by atoms with Gasteiger partial charge in [0.25, 0.3) is 0 Å². The molecule has 0 bridgehead atoms. The predicted octanol–water partition coefficient (Wildman–Crippen LogP) is 3.55.